The number of halogens is 1. The van der Waals surface area contributed by atoms with Crippen LogP contribution in [0.1, 0.15) is 37.3 Å². The van der Waals surface area contributed by atoms with E-state index in [1.165, 1.54) is 4.88 Å². The molecule has 19 heavy (non-hydrogen) atoms. The van der Waals surface area contributed by atoms with Gasteiger partial charge < -0.3 is 10.5 Å². The predicted molar refractivity (Wildman–Crippen MR) is 84.4 cm³/mol. The zero-order valence-corrected chi connectivity index (χ0v) is 13.1. The Morgan fingerprint density at radius 1 is 1.11 bits per heavy atom. The Morgan fingerprint density at radius 2 is 1.74 bits per heavy atom. The lowest BCUT2D eigenvalue weighted by molar-refractivity contribution is 0.131. The van der Waals surface area contributed by atoms with Crippen molar-refractivity contribution in [3.63, 3.8) is 0 Å². The van der Waals surface area contributed by atoms with Gasteiger partial charge in [-0.25, -0.2) is 0 Å². The lowest BCUT2D eigenvalue weighted by atomic mass is 10.1. The van der Waals surface area contributed by atoms with E-state index in [4.69, 9.17) is 10.5 Å². The van der Waals surface area contributed by atoms with Gasteiger partial charge in [0.05, 0.1) is 6.04 Å². The van der Waals surface area contributed by atoms with Crippen molar-refractivity contribution in [2.75, 3.05) is 0 Å². The summed E-state index contributed by atoms with van der Waals surface area (Å²) in [6.45, 7) is 6.12. The first-order chi connectivity index (χ1) is 8.46. The summed E-state index contributed by atoms with van der Waals surface area (Å²) in [6.07, 6.45) is 0. The summed E-state index contributed by atoms with van der Waals surface area (Å²) in [6, 6.07) is 12.1. The highest BCUT2D eigenvalue weighted by molar-refractivity contribution is 7.10. The van der Waals surface area contributed by atoms with Crippen LogP contribution < -0.4 is 10.5 Å². The Morgan fingerprint density at radius 3 is 2.21 bits per heavy atom. The lowest BCUT2D eigenvalue weighted by Crippen LogP contribution is -2.22. The van der Waals surface area contributed by atoms with E-state index < -0.39 is 0 Å². The van der Waals surface area contributed by atoms with Crippen LogP contribution in [0, 0.1) is 0 Å². The van der Waals surface area contributed by atoms with E-state index in [9.17, 15) is 0 Å². The second-order valence-electron chi connectivity index (χ2n) is 5.28. The fourth-order valence-corrected chi connectivity index (χ4v) is 2.48. The van der Waals surface area contributed by atoms with Crippen LogP contribution in [0.3, 0.4) is 0 Å². The van der Waals surface area contributed by atoms with Crippen LogP contribution in [0.25, 0.3) is 0 Å². The minimum atomic E-state index is -0.169. The number of benzene rings is 1. The van der Waals surface area contributed by atoms with Crippen LogP contribution in [-0.4, -0.2) is 5.60 Å². The predicted octanol–water partition coefficient (Wildman–Crippen LogP) is 4.40. The van der Waals surface area contributed by atoms with Crippen molar-refractivity contribution in [1.82, 2.24) is 0 Å². The third kappa shape index (κ3) is 4.53. The molecule has 0 aliphatic rings. The van der Waals surface area contributed by atoms with Crippen molar-refractivity contribution in [1.29, 1.82) is 0 Å². The molecule has 2 N–H and O–H groups in total. The van der Waals surface area contributed by atoms with Gasteiger partial charge >= 0.3 is 0 Å². The van der Waals surface area contributed by atoms with E-state index in [-0.39, 0.29) is 24.0 Å². The van der Waals surface area contributed by atoms with Crippen LogP contribution >= 0.6 is 23.7 Å². The van der Waals surface area contributed by atoms with Crippen molar-refractivity contribution in [3.8, 4) is 5.75 Å². The molecule has 0 fully saturated rings. The number of hydrogen-bond acceptors (Lipinski definition) is 3. The molecule has 0 spiro atoms. The average molecular weight is 298 g/mol. The summed E-state index contributed by atoms with van der Waals surface area (Å²) < 4.78 is 5.79. The summed E-state index contributed by atoms with van der Waals surface area (Å²) in [5.74, 6) is 0.879. The van der Waals surface area contributed by atoms with Gasteiger partial charge in [-0.05, 0) is 49.9 Å². The molecule has 1 heterocycles. The van der Waals surface area contributed by atoms with Gasteiger partial charge in [-0.1, -0.05) is 18.2 Å². The van der Waals surface area contributed by atoms with Gasteiger partial charge in [-0.3, -0.25) is 0 Å². The molecule has 0 aliphatic carbocycles. The fraction of sp³-hybridized carbons (Fsp3) is 0.333. The lowest BCUT2D eigenvalue weighted by Gasteiger charge is -2.21. The number of nitrogens with two attached hydrogens (primary N) is 1. The van der Waals surface area contributed by atoms with Crippen LogP contribution in [0.5, 0.6) is 5.75 Å². The molecule has 0 unspecified atom stereocenters. The van der Waals surface area contributed by atoms with Gasteiger partial charge in [0.15, 0.2) is 0 Å². The molecule has 4 heteroatoms. The number of rotatable bonds is 3. The minimum absolute atomic E-state index is 0. The van der Waals surface area contributed by atoms with E-state index in [0.29, 0.717) is 0 Å². The first kappa shape index (κ1) is 16.0. The number of thiophene rings is 1. The van der Waals surface area contributed by atoms with E-state index in [0.717, 1.165) is 11.3 Å². The number of ether oxygens (including phenoxy) is 1. The summed E-state index contributed by atoms with van der Waals surface area (Å²) in [7, 11) is 0. The Hall–Kier alpha value is -1.03. The molecular formula is C15H20ClNOS. The number of hydrogen-bond donors (Lipinski definition) is 1. The largest absolute Gasteiger partial charge is 0.488 e. The van der Waals surface area contributed by atoms with Gasteiger partial charge in [0.2, 0.25) is 0 Å². The van der Waals surface area contributed by atoms with E-state index in [1.807, 2.05) is 56.5 Å². The molecule has 0 radical (unpaired) electrons. The second kappa shape index (κ2) is 6.42. The Labute approximate surface area is 125 Å². The van der Waals surface area contributed by atoms with Crippen LogP contribution in [0.2, 0.25) is 0 Å². The smallest absolute Gasteiger partial charge is 0.120 e. The van der Waals surface area contributed by atoms with E-state index in [1.54, 1.807) is 11.3 Å². The molecule has 1 aromatic heterocycles. The molecule has 0 amide bonds. The highest BCUT2D eigenvalue weighted by Crippen LogP contribution is 2.26. The maximum Gasteiger partial charge on any atom is 0.120 e. The summed E-state index contributed by atoms with van der Waals surface area (Å²) in [5.41, 5.74) is 7.15. The Kier molecular flexibility index (Phi) is 5.41. The maximum atomic E-state index is 6.21. The standard InChI is InChI=1S/C15H19NOS.ClH/c1-15(2,3)17-12-8-6-11(7-9-12)14(16)13-5-4-10-18-13;/h4-10,14H,16H2,1-3H3;1H/t14-;/m0./s1. The normalized spacial score (nSPS) is 12.6. The molecule has 2 nitrogen and oxygen atoms in total. The topological polar surface area (TPSA) is 35.2 Å². The zero-order chi connectivity index (χ0) is 13.2. The van der Waals surface area contributed by atoms with Gasteiger partial charge in [-0.15, -0.1) is 23.7 Å². The monoisotopic (exact) mass is 297 g/mol. The Balaban J connectivity index is 0.00000180. The van der Waals surface area contributed by atoms with Gasteiger partial charge in [0.25, 0.3) is 0 Å². The van der Waals surface area contributed by atoms with Crippen molar-refractivity contribution in [2.24, 2.45) is 5.73 Å². The first-order valence-electron chi connectivity index (χ1n) is 6.04. The third-order valence-electron chi connectivity index (χ3n) is 2.51. The Bertz CT molecular complexity index is 488. The molecule has 0 aliphatic heterocycles. The van der Waals surface area contributed by atoms with Crippen molar-refractivity contribution in [3.05, 3.63) is 52.2 Å². The van der Waals surface area contributed by atoms with Gasteiger partial charge in [-0.2, -0.15) is 0 Å². The SMILES string of the molecule is CC(C)(C)Oc1ccc([C@H](N)c2cccs2)cc1.Cl. The average Bonchev–Trinajstić information content (AvgIpc) is 2.80. The van der Waals surface area contributed by atoms with Crippen molar-refractivity contribution >= 4 is 23.7 Å². The first-order valence-corrected chi connectivity index (χ1v) is 6.92. The molecule has 2 aromatic rings. The van der Waals surface area contributed by atoms with Crippen LogP contribution in [-0.2, 0) is 0 Å². The van der Waals surface area contributed by atoms with Crippen molar-refractivity contribution < 1.29 is 4.74 Å². The molecule has 104 valence electrons. The van der Waals surface area contributed by atoms with E-state index in [2.05, 4.69) is 6.07 Å². The molecule has 2 rings (SSSR count). The van der Waals surface area contributed by atoms with Crippen molar-refractivity contribution in [2.45, 2.75) is 32.4 Å². The highest BCUT2D eigenvalue weighted by Gasteiger charge is 2.13. The second-order valence-corrected chi connectivity index (χ2v) is 6.26. The minimum Gasteiger partial charge on any atom is -0.488 e. The van der Waals surface area contributed by atoms with E-state index >= 15 is 0 Å². The van der Waals surface area contributed by atoms with Crippen LogP contribution in [0.4, 0.5) is 0 Å². The maximum absolute atomic E-state index is 6.21. The van der Waals surface area contributed by atoms with Crippen LogP contribution in [0.15, 0.2) is 41.8 Å². The summed E-state index contributed by atoms with van der Waals surface area (Å²) >= 11 is 1.68. The van der Waals surface area contributed by atoms with Gasteiger partial charge in [0, 0.05) is 4.88 Å². The molecule has 1 atom stereocenters. The van der Waals surface area contributed by atoms with Gasteiger partial charge in [0.1, 0.15) is 11.4 Å². The third-order valence-corrected chi connectivity index (χ3v) is 3.47. The molecule has 0 saturated carbocycles. The molecule has 1 aromatic carbocycles. The summed E-state index contributed by atoms with van der Waals surface area (Å²) in [5, 5.41) is 2.05. The fourth-order valence-electron chi connectivity index (χ4n) is 1.73. The molecule has 0 saturated heterocycles. The summed E-state index contributed by atoms with van der Waals surface area (Å²) in [4.78, 5) is 1.18. The molecule has 0 bridgehead atoms. The molecular weight excluding hydrogens is 278 g/mol. The zero-order valence-electron chi connectivity index (χ0n) is 11.4. The highest BCUT2D eigenvalue weighted by atomic mass is 35.5. The quantitative estimate of drug-likeness (QED) is 0.911.